The Morgan fingerprint density at radius 3 is 2.70 bits per heavy atom. The van der Waals surface area contributed by atoms with Crippen LogP contribution in [0.15, 0.2) is 30.6 Å². The van der Waals surface area contributed by atoms with Gasteiger partial charge in [0.25, 0.3) is 5.69 Å². The molecule has 0 aliphatic carbocycles. The number of nitro groups is 1. The number of nitro benzene ring substituents is 1. The molecule has 8 nitrogen and oxygen atoms in total. The van der Waals surface area contributed by atoms with E-state index in [9.17, 15) is 14.5 Å². The predicted octanol–water partition coefficient (Wildman–Crippen LogP) is 2.14. The third kappa shape index (κ3) is 2.11. The van der Waals surface area contributed by atoms with Gasteiger partial charge in [-0.05, 0) is 12.1 Å². The second kappa shape index (κ2) is 4.53. The van der Waals surface area contributed by atoms with E-state index < -0.39 is 11.0 Å². The summed E-state index contributed by atoms with van der Waals surface area (Å²) in [5.74, 6) is 0.183. The first-order valence-electron chi connectivity index (χ1n) is 5.51. The lowest BCUT2D eigenvalue weighted by atomic mass is 10.3. The highest BCUT2D eigenvalue weighted by Gasteiger charge is 2.11. The zero-order valence-corrected chi connectivity index (χ0v) is 9.87. The number of hydrogen-bond acceptors (Lipinski definition) is 6. The van der Waals surface area contributed by atoms with Gasteiger partial charge in [-0.1, -0.05) is 0 Å². The Bertz CT molecular complexity index is 785. The number of aromatic amines is 1. The summed E-state index contributed by atoms with van der Waals surface area (Å²) in [5, 5.41) is 13.4. The molecule has 100 valence electrons. The van der Waals surface area contributed by atoms with Crippen LogP contribution in [0.3, 0.4) is 0 Å². The number of imidazole rings is 1. The van der Waals surface area contributed by atoms with Gasteiger partial charge >= 0.3 is 6.08 Å². The fraction of sp³-hybridized carbons (Fsp3) is 0. The van der Waals surface area contributed by atoms with Gasteiger partial charge in [-0.25, -0.2) is 4.98 Å². The van der Waals surface area contributed by atoms with Crippen LogP contribution in [0.5, 0.6) is 0 Å². The number of H-pyrrole nitrogens is 1. The van der Waals surface area contributed by atoms with Crippen molar-refractivity contribution in [1.82, 2.24) is 19.9 Å². The number of benzene rings is 1. The van der Waals surface area contributed by atoms with Crippen LogP contribution in [0, 0.1) is 16.2 Å². The van der Waals surface area contributed by atoms with Crippen LogP contribution < -0.4 is 5.32 Å². The molecule has 1 aromatic carbocycles. The third-order valence-electron chi connectivity index (χ3n) is 2.59. The van der Waals surface area contributed by atoms with E-state index in [1.165, 1.54) is 30.6 Å². The lowest BCUT2D eigenvalue weighted by molar-refractivity contribution is -0.384. The SMILES string of the molecule is O=[N+]([O-])c1ccc(Nc2nc(F)nc3[nH]cnc23)cc1. The first-order valence-corrected chi connectivity index (χ1v) is 5.51. The maximum absolute atomic E-state index is 13.2. The number of anilines is 2. The number of non-ortho nitro benzene ring substituents is 1. The van der Waals surface area contributed by atoms with Gasteiger partial charge in [0.2, 0.25) is 0 Å². The monoisotopic (exact) mass is 274 g/mol. The standard InChI is InChI=1S/C11H7FN6O2/c12-11-16-9-8(13-5-14-9)10(17-11)15-6-1-3-7(4-2-6)18(19)20/h1-5H,(H2,13,14,15,16,17). The number of nitrogens with one attached hydrogen (secondary N) is 2. The molecule has 9 heteroatoms. The Morgan fingerprint density at radius 1 is 1.25 bits per heavy atom. The average Bonchev–Trinajstić information content (AvgIpc) is 2.87. The Kier molecular flexibility index (Phi) is 2.71. The molecular formula is C11H7FN6O2. The Balaban J connectivity index is 1.96. The van der Waals surface area contributed by atoms with Gasteiger partial charge in [0.15, 0.2) is 17.0 Å². The lowest BCUT2D eigenvalue weighted by Crippen LogP contribution is -1.99. The summed E-state index contributed by atoms with van der Waals surface area (Å²) in [5.41, 5.74) is 1.14. The molecule has 0 saturated carbocycles. The molecule has 0 bridgehead atoms. The van der Waals surface area contributed by atoms with Crippen LogP contribution >= 0.6 is 0 Å². The number of nitrogens with zero attached hydrogens (tertiary/aromatic N) is 4. The smallest absolute Gasteiger partial charge is 0.312 e. The van der Waals surface area contributed by atoms with Crippen molar-refractivity contribution in [2.45, 2.75) is 0 Å². The van der Waals surface area contributed by atoms with E-state index >= 15 is 0 Å². The molecular weight excluding hydrogens is 267 g/mol. The molecule has 3 aromatic rings. The molecule has 0 radical (unpaired) electrons. The van der Waals surface area contributed by atoms with Crippen LogP contribution in [0.25, 0.3) is 11.2 Å². The molecule has 0 saturated heterocycles. The fourth-order valence-corrected chi connectivity index (χ4v) is 1.70. The van der Waals surface area contributed by atoms with Crippen molar-refractivity contribution in [2.24, 2.45) is 0 Å². The van der Waals surface area contributed by atoms with Gasteiger partial charge in [0, 0.05) is 17.8 Å². The van der Waals surface area contributed by atoms with Gasteiger partial charge in [0.05, 0.1) is 11.3 Å². The van der Waals surface area contributed by atoms with Crippen LogP contribution in [0.1, 0.15) is 0 Å². The Morgan fingerprint density at radius 2 is 2.00 bits per heavy atom. The van der Waals surface area contributed by atoms with Gasteiger partial charge < -0.3 is 10.3 Å². The van der Waals surface area contributed by atoms with Gasteiger partial charge in [-0.15, -0.1) is 0 Å². The Hall–Kier alpha value is -3.10. The zero-order valence-electron chi connectivity index (χ0n) is 9.87. The van der Waals surface area contributed by atoms with Crippen molar-refractivity contribution < 1.29 is 9.31 Å². The second-order valence-electron chi connectivity index (χ2n) is 3.87. The predicted molar refractivity (Wildman–Crippen MR) is 68.0 cm³/mol. The summed E-state index contributed by atoms with van der Waals surface area (Å²) in [6, 6.07) is 5.66. The highest BCUT2D eigenvalue weighted by atomic mass is 19.1. The molecule has 3 rings (SSSR count). The minimum Gasteiger partial charge on any atom is -0.338 e. The van der Waals surface area contributed by atoms with Crippen molar-refractivity contribution in [3.8, 4) is 0 Å². The summed E-state index contributed by atoms with van der Waals surface area (Å²) in [7, 11) is 0. The minimum atomic E-state index is -0.897. The van der Waals surface area contributed by atoms with E-state index in [2.05, 4.69) is 25.3 Å². The highest BCUT2D eigenvalue weighted by Crippen LogP contribution is 2.22. The minimum absolute atomic E-state index is 0.0330. The normalized spacial score (nSPS) is 10.7. The fourth-order valence-electron chi connectivity index (χ4n) is 1.70. The molecule has 2 aromatic heterocycles. The highest BCUT2D eigenvalue weighted by molar-refractivity contribution is 5.84. The summed E-state index contributed by atoms with van der Waals surface area (Å²) in [6.07, 6.45) is 0.478. The molecule has 0 fully saturated rings. The molecule has 0 spiro atoms. The third-order valence-corrected chi connectivity index (χ3v) is 2.59. The van der Waals surface area contributed by atoms with E-state index in [1.54, 1.807) is 0 Å². The number of hydrogen-bond donors (Lipinski definition) is 2. The maximum Gasteiger partial charge on any atom is 0.312 e. The Labute approximate surface area is 110 Å². The van der Waals surface area contributed by atoms with E-state index in [-0.39, 0.29) is 17.2 Å². The summed E-state index contributed by atoms with van der Waals surface area (Å²) < 4.78 is 13.2. The first-order chi connectivity index (χ1) is 9.63. The first kappa shape index (κ1) is 12.0. The summed E-state index contributed by atoms with van der Waals surface area (Å²) in [6.45, 7) is 0. The number of fused-ring (bicyclic) bond motifs is 1. The molecule has 0 aliphatic heterocycles. The summed E-state index contributed by atoms with van der Waals surface area (Å²) >= 11 is 0. The van der Waals surface area contributed by atoms with Gasteiger partial charge in [0.1, 0.15) is 0 Å². The number of aromatic nitrogens is 4. The molecule has 0 aliphatic rings. The topological polar surface area (TPSA) is 110 Å². The summed E-state index contributed by atoms with van der Waals surface area (Å²) in [4.78, 5) is 23.9. The van der Waals surface area contributed by atoms with Gasteiger partial charge in [-0.2, -0.15) is 14.4 Å². The van der Waals surface area contributed by atoms with E-state index in [1.807, 2.05) is 0 Å². The van der Waals surface area contributed by atoms with Crippen molar-refractivity contribution in [2.75, 3.05) is 5.32 Å². The van der Waals surface area contributed by atoms with E-state index in [4.69, 9.17) is 0 Å². The largest absolute Gasteiger partial charge is 0.338 e. The molecule has 20 heavy (non-hydrogen) atoms. The van der Waals surface area contributed by atoms with Crippen LogP contribution in [0.4, 0.5) is 21.6 Å². The van der Waals surface area contributed by atoms with E-state index in [0.29, 0.717) is 11.2 Å². The van der Waals surface area contributed by atoms with Gasteiger partial charge in [-0.3, -0.25) is 10.1 Å². The zero-order chi connectivity index (χ0) is 14.1. The molecule has 0 atom stereocenters. The molecule has 0 unspecified atom stereocenters. The molecule has 0 amide bonds. The lowest BCUT2D eigenvalue weighted by Gasteiger charge is -2.05. The number of halogens is 1. The van der Waals surface area contributed by atoms with E-state index in [0.717, 1.165) is 0 Å². The maximum atomic E-state index is 13.2. The van der Waals surface area contributed by atoms with Crippen molar-refractivity contribution in [3.05, 3.63) is 46.8 Å². The van der Waals surface area contributed by atoms with Crippen LogP contribution in [0.2, 0.25) is 0 Å². The van der Waals surface area contributed by atoms with Crippen molar-refractivity contribution >= 4 is 28.4 Å². The average molecular weight is 274 g/mol. The van der Waals surface area contributed by atoms with Crippen LogP contribution in [-0.4, -0.2) is 24.9 Å². The second-order valence-corrected chi connectivity index (χ2v) is 3.87. The molecule has 2 heterocycles. The van der Waals surface area contributed by atoms with Crippen molar-refractivity contribution in [1.29, 1.82) is 0 Å². The van der Waals surface area contributed by atoms with Crippen LogP contribution in [-0.2, 0) is 0 Å². The quantitative estimate of drug-likeness (QED) is 0.430. The molecule has 2 N–H and O–H groups in total. The number of rotatable bonds is 3. The van der Waals surface area contributed by atoms with Crippen molar-refractivity contribution in [3.63, 3.8) is 0 Å².